The second-order valence-corrected chi connectivity index (χ2v) is 19.9. The molecule has 3 fully saturated rings. The molecule has 17 heteroatoms. The summed E-state index contributed by atoms with van der Waals surface area (Å²) in [7, 11) is 5.56. The number of hydrogen-bond donors (Lipinski definition) is 4. The lowest BCUT2D eigenvalue weighted by Gasteiger charge is -2.34. The van der Waals surface area contributed by atoms with Crippen molar-refractivity contribution in [1.82, 2.24) is 40.4 Å². The van der Waals surface area contributed by atoms with Crippen molar-refractivity contribution >= 4 is 29.7 Å². The molecule has 378 valence electrons. The molecule has 3 saturated heterocycles. The minimum atomic E-state index is -0.906. The molecular weight excluding hydrogens is 903 g/mol. The van der Waals surface area contributed by atoms with Crippen LogP contribution in [0.3, 0.4) is 0 Å². The topological polar surface area (TPSA) is 196 Å². The lowest BCUT2D eigenvalue weighted by Crippen LogP contribution is -2.54. The number of nitrogens with zero attached hydrogens (tertiary/aromatic N) is 5. The number of H-pyrrole nitrogens is 2. The molecule has 8 rings (SSSR count). The van der Waals surface area contributed by atoms with Gasteiger partial charge in [0, 0.05) is 33.0 Å². The van der Waals surface area contributed by atoms with Crippen molar-refractivity contribution in [1.29, 1.82) is 0 Å². The average molecular weight is 972 g/mol. The van der Waals surface area contributed by atoms with Gasteiger partial charge in [0.15, 0.2) is 0 Å². The first-order valence-electron chi connectivity index (χ1n) is 24.7. The predicted octanol–water partition coefficient (Wildman–Crippen LogP) is 8.69. The van der Waals surface area contributed by atoms with E-state index in [0.717, 1.165) is 66.7 Å². The SMILES string of the molecule is COC(=O)NC(C(=O)N1CCCC1c1ncc(-c2ccc(C3CCC(c4ccc(-c5cnc(C6CCCN6C(=O)C(NC(=O)OC)C(C)OC)[nH]5)cc4)N3c3ccc(C(C)(C)C)cc3)cc2)[nH]1)C(C)OC. The number of ether oxygens (including phenoxy) is 4. The van der Waals surface area contributed by atoms with Gasteiger partial charge in [-0.2, -0.15) is 0 Å². The molecule has 0 saturated carbocycles. The van der Waals surface area contributed by atoms with Crippen LogP contribution in [0.15, 0.2) is 85.2 Å². The van der Waals surface area contributed by atoms with Crippen LogP contribution < -0.4 is 15.5 Å². The molecule has 3 aromatic carbocycles. The summed E-state index contributed by atoms with van der Waals surface area (Å²) in [6.07, 6.45) is 6.15. The number of rotatable bonds is 15. The van der Waals surface area contributed by atoms with E-state index in [-0.39, 0.29) is 41.4 Å². The third-order valence-electron chi connectivity index (χ3n) is 14.7. The van der Waals surface area contributed by atoms with Crippen molar-refractivity contribution in [3.8, 4) is 22.5 Å². The quantitative estimate of drug-likeness (QED) is 0.0784. The fraction of sp³-hybridized carbons (Fsp3) is 0.481. The Morgan fingerprint density at radius 2 is 1.00 bits per heavy atom. The van der Waals surface area contributed by atoms with Gasteiger partial charge < -0.3 is 54.2 Å². The minimum absolute atomic E-state index is 0.0175. The van der Waals surface area contributed by atoms with Crippen LogP contribution in [0, 0.1) is 0 Å². The lowest BCUT2D eigenvalue weighted by molar-refractivity contribution is -0.138. The maximum absolute atomic E-state index is 13.8. The van der Waals surface area contributed by atoms with Crippen molar-refractivity contribution in [3.05, 3.63) is 114 Å². The fourth-order valence-corrected chi connectivity index (χ4v) is 10.4. The van der Waals surface area contributed by atoms with E-state index in [1.807, 2.05) is 12.4 Å². The first-order valence-corrected chi connectivity index (χ1v) is 24.7. The number of anilines is 1. The molecule has 4 N–H and O–H groups in total. The third-order valence-corrected chi connectivity index (χ3v) is 14.7. The monoisotopic (exact) mass is 972 g/mol. The lowest BCUT2D eigenvalue weighted by atomic mass is 9.87. The van der Waals surface area contributed by atoms with E-state index in [4.69, 9.17) is 28.9 Å². The van der Waals surface area contributed by atoms with Crippen molar-refractivity contribution < 1.29 is 38.1 Å². The smallest absolute Gasteiger partial charge is 0.407 e. The molecule has 5 aromatic rings. The molecule has 0 radical (unpaired) electrons. The second-order valence-electron chi connectivity index (χ2n) is 19.9. The zero-order valence-corrected chi connectivity index (χ0v) is 42.4. The van der Waals surface area contributed by atoms with E-state index in [0.29, 0.717) is 24.7 Å². The van der Waals surface area contributed by atoms with Gasteiger partial charge in [-0.05, 0) is 97.7 Å². The first-order chi connectivity index (χ1) is 34.1. The molecule has 3 aliphatic heterocycles. The average Bonchev–Trinajstić information content (AvgIpc) is 4.26. The summed E-state index contributed by atoms with van der Waals surface area (Å²) in [5.41, 5.74) is 8.57. The number of alkyl carbamates (subject to hydrolysis) is 2. The number of aromatic nitrogens is 4. The van der Waals surface area contributed by atoms with Gasteiger partial charge in [-0.25, -0.2) is 19.6 Å². The number of amides is 4. The van der Waals surface area contributed by atoms with Crippen molar-refractivity contribution in [2.75, 3.05) is 46.4 Å². The molecule has 8 unspecified atom stereocenters. The summed E-state index contributed by atoms with van der Waals surface area (Å²) >= 11 is 0. The molecule has 0 aliphatic carbocycles. The number of aromatic amines is 2. The van der Waals surface area contributed by atoms with Gasteiger partial charge in [-0.1, -0.05) is 81.4 Å². The molecule has 8 atom stereocenters. The minimum Gasteiger partial charge on any atom is -0.453 e. The molecule has 0 bridgehead atoms. The zero-order valence-electron chi connectivity index (χ0n) is 42.4. The van der Waals surface area contributed by atoms with Crippen molar-refractivity contribution in [2.24, 2.45) is 0 Å². The predicted molar refractivity (Wildman–Crippen MR) is 269 cm³/mol. The summed E-state index contributed by atoms with van der Waals surface area (Å²) in [5, 5.41) is 5.31. The van der Waals surface area contributed by atoms with E-state index in [1.165, 1.54) is 45.1 Å². The van der Waals surface area contributed by atoms with Gasteiger partial charge in [-0.3, -0.25) is 9.59 Å². The van der Waals surface area contributed by atoms with Gasteiger partial charge >= 0.3 is 12.2 Å². The summed E-state index contributed by atoms with van der Waals surface area (Å²) in [6.45, 7) is 11.3. The first kappa shape index (κ1) is 50.7. The van der Waals surface area contributed by atoms with E-state index in [2.05, 4.69) is 119 Å². The maximum Gasteiger partial charge on any atom is 0.407 e. The highest BCUT2D eigenvalue weighted by molar-refractivity contribution is 5.87. The molecule has 2 aromatic heterocycles. The number of likely N-dealkylation sites (tertiary alicyclic amines) is 2. The number of nitrogens with one attached hydrogen (secondary N) is 4. The number of carbonyl (C=O) groups excluding carboxylic acids is 4. The largest absolute Gasteiger partial charge is 0.453 e. The summed E-state index contributed by atoms with van der Waals surface area (Å²) in [6, 6.07) is 24.3. The Morgan fingerprint density at radius 3 is 1.37 bits per heavy atom. The number of benzene rings is 3. The summed E-state index contributed by atoms with van der Waals surface area (Å²) in [4.78, 5) is 74.7. The summed E-state index contributed by atoms with van der Waals surface area (Å²) < 4.78 is 20.5. The van der Waals surface area contributed by atoms with Crippen LogP contribution in [-0.4, -0.2) is 120 Å². The van der Waals surface area contributed by atoms with E-state index < -0.39 is 36.5 Å². The van der Waals surface area contributed by atoms with Crippen LogP contribution in [0.4, 0.5) is 15.3 Å². The molecule has 5 heterocycles. The standard InChI is InChI=1S/C54H69N9O8/c1-32(68-6)46(59-52(66)70-8)50(64)61-28-10-12-44(61)48-55-30-40(57-48)34-14-18-36(19-15-34)42-26-27-43(63(42)39-24-22-38(23-25-39)54(3,4)5)37-20-16-35(17-21-37)41-31-56-49(58-41)45-13-11-29-62(45)51(65)47(33(2)69-7)60-53(67)71-9/h14-25,30-33,42-47H,10-13,26-29H2,1-9H3,(H,55,57)(H,56,58)(H,59,66)(H,60,67). The van der Waals surface area contributed by atoms with Crippen LogP contribution in [0.2, 0.25) is 0 Å². The number of methoxy groups -OCH3 is 4. The molecule has 17 nitrogen and oxygen atoms in total. The fourth-order valence-electron chi connectivity index (χ4n) is 10.4. The van der Waals surface area contributed by atoms with Gasteiger partial charge in [0.25, 0.3) is 0 Å². The Bertz CT molecular complexity index is 2470. The Kier molecular flexibility index (Phi) is 15.5. The van der Waals surface area contributed by atoms with Crippen LogP contribution in [0.5, 0.6) is 0 Å². The molecule has 71 heavy (non-hydrogen) atoms. The maximum atomic E-state index is 13.8. The highest BCUT2D eigenvalue weighted by Crippen LogP contribution is 2.48. The van der Waals surface area contributed by atoms with Crippen LogP contribution in [-0.2, 0) is 34.0 Å². The highest BCUT2D eigenvalue weighted by Gasteiger charge is 2.41. The molecule has 0 spiro atoms. The number of hydrogen-bond acceptors (Lipinski definition) is 11. The van der Waals surface area contributed by atoms with Gasteiger partial charge in [0.2, 0.25) is 11.8 Å². The normalized spacial score (nSPS) is 20.9. The molecule has 3 aliphatic rings. The third kappa shape index (κ3) is 10.8. The van der Waals surface area contributed by atoms with Crippen LogP contribution in [0.25, 0.3) is 22.5 Å². The Hall–Kier alpha value is -6.72. The van der Waals surface area contributed by atoms with Crippen LogP contribution in [0.1, 0.15) is 126 Å². The number of imidazole rings is 2. The zero-order chi connectivity index (χ0) is 50.6. The number of carbonyl (C=O) groups is 4. The Morgan fingerprint density at radius 1 is 0.592 bits per heavy atom. The van der Waals surface area contributed by atoms with Crippen molar-refractivity contribution in [3.63, 3.8) is 0 Å². The van der Waals surface area contributed by atoms with E-state index >= 15 is 0 Å². The van der Waals surface area contributed by atoms with Crippen LogP contribution >= 0.6 is 0 Å². The van der Waals surface area contributed by atoms with E-state index in [1.54, 1.807) is 23.6 Å². The van der Waals surface area contributed by atoms with Gasteiger partial charge in [-0.15, -0.1) is 0 Å². The summed E-state index contributed by atoms with van der Waals surface area (Å²) in [5.74, 6) is 0.911. The molecular formula is C54H69N9O8. The van der Waals surface area contributed by atoms with Gasteiger partial charge in [0.1, 0.15) is 23.7 Å². The Balaban J connectivity index is 1.00. The second kappa shape index (κ2) is 21.7. The highest BCUT2D eigenvalue weighted by atomic mass is 16.5. The van der Waals surface area contributed by atoms with Crippen molar-refractivity contribution in [2.45, 2.75) is 127 Å². The Labute approximate surface area is 416 Å². The van der Waals surface area contributed by atoms with E-state index in [9.17, 15) is 19.2 Å². The van der Waals surface area contributed by atoms with Gasteiger partial charge in [0.05, 0.1) is 74.4 Å². The molecule has 4 amide bonds.